The predicted octanol–water partition coefficient (Wildman–Crippen LogP) is 4.01. The van der Waals surface area contributed by atoms with Gasteiger partial charge in [0.2, 0.25) is 0 Å². The average Bonchev–Trinajstić information content (AvgIpc) is 2.92. The SMILES string of the molecule is CCOC(=O)C(c1ccccc1)C1(O)COc2ccccc2OCCOCCOc2ccccc2OC1. The van der Waals surface area contributed by atoms with E-state index in [1.807, 2.05) is 18.2 Å². The maximum absolute atomic E-state index is 13.2. The quantitative estimate of drug-likeness (QED) is 0.529. The first-order valence-electron chi connectivity index (χ1n) is 12.3. The van der Waals surface area contributed by atoms with Crippen LogP contribution in [0.15, 0.2) is 78.9 Å². The van der Waals surface area contributed by atoms with E-state index in [1.54, 1.807) is 67.6 Å². The lowest BCUT2D eigenvalue weighted by Crippen LogP contribution is -2.50. The normalized spacial score (nSPS) is 16.8. The Balaban J connectivity index is 1.72. The third-order valence-electron chi connectivity index (χ3n) is 5.82. The third-order valence-corrected chi connectivity index (χ3v) is 5.82. The van der Waals surface area contributed by atoms with Crippen molar-refractivity contribution in [1.29, 1.82) is 0 Å². The molecule has 8 heteroatoms. The van der Waals surface area contributed by atoms with E-state index in [0.29, 0.717) is 55.0 Å². The molecule has 196 valence electrons. The summed E-state index contributed by atoms with van der Waals surface area (Å²) in [5, 5.41) is 12.1. The zero-order valence-electron chi connectivity index (χ0n) is 20.8. The maximum Gasteiger partial charge on any atom is 0.316 e. The van der Waals surface area contributed by atoms with E-state index in [4.69, 9.17) is 28.4 Å². The highest BCUT2D eigenvalue weighted by Crippen LogP contribution is 2.35. The lowest BCUT2D eigenvalue weighted by molar-refractivity contribution is -0.156. The van der Waals surface area contributed by atoms with Gasteiger partial charge in [0, 0.05) is 0 Å². The molecule has 0 aromatic heterocycles. The van der Waals surface area contributed by atoms with Crippen molar-refractivity contribution < 1.29 is 38.3 Å². The number of fused-ring (bicyclic) bond motifs is 2. The second kappa shape index (κ2) is 13.0. The number of hydrogen-bond acceptors (Lipinski definition) is 8. The van der Waals surface area contributed by atoms with Crippen LogP contribution in [0.5, 0.6) is 23.0 Å². The van der Waals surface area contributed by atoms with Crippen molar-refractivity contribution in [2.24, 2.45) is 0 Å². The number of rotatable bonds is 4. The molecule has 1 aliphatic rings. The van der Waals surface area contributed by atoms with E-state index in [2.05, 4.69) is 0 Å². The van der Waals surface area contributed by atoms with Gasteiger partial charge in [0.25, 0.3) is 0 Å². The Hall–Kier alpha value is -3.75. The molecular formula is C29H32O8. The van der Waals surface area contributed by atoms with E-state index in [0.717, 1.165) is 0 Å². The molecule has 0 saturated carbocycles. The van der Waals surface area contributed by atoms with Crippen LogP contribution < -0.4 is 18.9 Å². The molecule has 37 heavy (non-hydrogen) atoms. The Morgan fingerprint density at radius 1 is 0.757 bits per heavy atom. The molecule has 3 aromatic carbocycles. The van der Waals surface area contributed by atoms with Crippen molar-refractivity contribution in [3.8, 4) is 23.0 Å². The topological polar surface area (TPSA) is 92.7 Å². The number of ether oxygens (including phenoxy) is 6. The minimum atomic E-state index is -1.81. The van der Waals surface area contributed by atoms with Gasteiger partial charge in [-0.05, 0) is 36.8 Å². The summed E-state index contributed by atoms with van der Waals surface area (Å²) in [6.07, 6.45) is 0. The van der Waals surface area contributed by atoms with E-state index >= 15 is 0 Å². The number of benzene rings is 3. The smallest absolute Gasteiger partial charge is 0.316 e. The average molecular weight is 509 g/mol. The van der Waals surface area contributed by atoms with E-state index in [1.165, 1.54) is 0 Å². The van der Waals surface area contributed by atoms with Gasteiger partial charge in [-0.1, -0.05) is 54.6 Å². The first-order chi connectivity index (χ1) is 18.1. The molecule has 3 aromatic rings. The van der Waals surface area contributed by atoms with E-state index < -0.39 is 17.5 Å². The van der Waals surface area contributed by atoms with Crippen molar-refractivity contribution in [2.75, 3.05) is 46.2 Å². The van der Waals surface area contributed by atoms with Gasteiger partial charge in [0.1, 0.15) is 37.9 Å². The van der Waals surface area contributed by atoms with E-state index in [-0.39, 0.29) is 19.8 Å². The second-order valence-electron chi connectivity index (χ2n) is 8.48. The lowest BCUT2D eigenvalue weighted by atomic mass is 9.82. The van der Waals surface area contributed by atoms with E-state index in [9.17, 15) is 9.90 Å². The largest absolute Gasteiger partial charge is 0.487 e. The van der Waals surface area contributed by atoms with Crippen LogP contribution in [0.25, 0.3) is 0 Å². The summed E-state index contributed by atoms with van der Waals surface area (Å²) in [6.45, 7) is 2.67. The van der Waals surface area contributed by atoms with Crippen molar-refractivity contribution in [3.05, 3.63) is 84.4 Å². The van der Waals surface area contributed by atoms with Gasteiger partial charge in [0.05, 0.1) is 19.8 Å². The lowest BCUT2D eigenvalue weighted by Gasteiger charge is -2.35. The standard InChI is InChI=1S/C29H32O8/c1-2-33-28(30)27(22-10-4-3-5-11-22)29(31)20-36-25-14-8-6-12-23(25)34-18-16-32-17-19-35-24-13-7-9-15-26(24)37-21-29/h3-15,27,31H,2,16-21H2,1H3. The number of hydrogen-bond donors (Lipinski definition) is 1. The van der Waals surface area contributed by atoms with Crippen LogP contribution in [0.2, 0.25) is 0 Å². The molecule has 0 fully saturated rings. The Morgan fingerprint density at radius 3 is 1.70 bits per heavy atom. The minimum absolute atomic E-state index is 0.162. The highest BCUT2D eigenvalue weighted by Gasteiger charge is 2.46. The molecule has 0 radical (unpaired) electrons. The van der Waals surface area contributed by atoms with Gasteiger partial charge in [-0.15, -0.1) is 0 Å². The molecule has 0 spiro atoms. The molecule has 0 aliphatic carbocycles. The van der Waals surface area contributed by atoms with Crippen LogP contribution >= 0.6 is 0 Å². The molecule has 0 amide bonds. The molecular weight excluding hydrogens is 476 g/mol. The summed E-state index contributed by atoms with van der Waals surface area (Å²) in [5.74, 6) is 0.178. The van der Waals surface area contributed by atoms with Crippen LogP contribution in [-0.4, -0.2) is 62.9 Å². The zero-order chi connectivity index (χ0) is 25.9. The van der Waals surface area contributed by atoms with Crippen LogP contribution in [0.1, 0.15) is 18.4 Å². The number of aliphatic hydroxyl groups is 1. The summed E-state index contributed by atoms with van der Waals surface area (Å²) < 4.78 is 34.9. The van der Waals surface area contributed by atoms with Gasteiger partial charge >= 0.3 is 5.97 Å². The molecule has 1 atom stereocenters. The fraction of sp³-hybridized carbons (Fsp3) is 0.345. The number of carbonyl (C=O) groups is 1. The summed E-state index contributed by atoms with van der Waals surface area (Å²) >= 11 is 0. The van der Waals surface area contributed by atoms with Gasteiger partial charge in [0.15, 0.2) is 23.0 Å². The predicted molar refractivity (Wildman–Crippen MR) is 136 cm³/mol. The van der Waals surface area contributed by atoms with Gasteiger partial charge < -0.3 is 33.5 Å². The third kappa shape index (κ3) is 6.93. The Labute approximate surface area is 216 Å². The minimum Gasteiger partial charge on any atom is -0.487 e. The molecule has 0 saturated heterocycles. The summed E-state index contributed by atoms with van der Waals surface area (Å²) in [5.41, 5.74) is -1.23. The Bertz CT molecular complexity index is 1080. The summed E-state index contributed by atoms with van der Waals surface area (Å²) in [7, 11) is 0. The van der Waals surface area contributed by atoms with Crippen molar-refractivity contribution >= 4 is 5.97 Å². The maximum atomic E-state index is 13.2. The fourth-order valence-corrected chi connectivity index (χ4v) is 4.05. The molecule has 8 nitrogen and oxygen atoms in total. The van der Waals surface area contributed by atoms with Gasteiger partial charge in [-0.3, -0.25) is 4.79 Å². The molecule has 1 aliphatic heterocycles. The zero-order valence-corrected chi connectivity index (χ0v) is 20.8. The summed E-state index contributed by atoms with van der Waals surface area (Å²) in [6, 6.07) is 23.3. The van der Waals surface area contributed by atoms with Crippen molar-refractivity contribution in [1.82, 2.24) is 0 Å². The molecule has 1 unspecified atom stereocenters. The fourth-order valence-electron chi connectivity index (χ4n) is 4.05. The molecule has 0 bridgehead atoms. The number of para-hydroxylation sites is 4. The first-order valence-corrected chi connectivity index (χ1v) is 12.3. The van der Waals surface area contributed by atoms with Gasteiger partial charge in [-0.25, -0.2) is 0 Å². The first kappa shape index (κ1) is 26.3. The van der Waals surface area contributed by atoms with Crippen molar-refractivity contribution in [3.63, 3.8) is 0 Å². The molecule has 1 heterocycles. The molecule has 4 rings (SSSR count). The highest BCUT2D eigenvalue weighted by molar-refractivity contribution is 5.80. The monoisotopic (exact) mass is 508 g/mol. The number of carbonyl (C=O) groups excluding carboxylic acids is 1. The van der Waals surface area contributed by atoms with Crippen LogP contribution in [0, 0.1) is 0 Å². The van der Waals surface area contributed by atoms with Gasteiger partial charge in [-0.2, -0.15) is 0 Å². The van der Waals surface area contributed by atoms with Crippen molar-refractivity contribution in [2.45, 2.75) is 18.4 Å². The number of esters is 1. The summed E-state index contributed by atoms with van der Waals surface area (Å²) in [4.78, 5) is 13.2. The Kier molecular flexibility index (Phi) is 9.24. The van der Waals surface area contributed by atoms with Crippen LogP contribution in [0.3, 0.4) is 0 Å². The molecule has 1 N–H and O–H groups in total. The highest BCUT2D eigenvalue weighted by atomic mass is 16.6. The second-order valence-corrected chi connectivity index (χ2v) is 8.48. The van der Waals surface area contributed by atoms with Crippen LogP contribution in [0.4, 0.5) is 0 Å². The Morgan fingerprint density at radius 2 is 1.22 bits per heavy atom. The van der Waals surface area contributed by atoms with Crippen LogP contribution in [-0.2, 0) is 14.3 Å².